The number of nitrogens with two attached hydrogens (primary N) is 1. The zero-order chi connectivity index (χ0) is 28.7. The molecule has 214 valence electrons. The number of nitrogens with zero attached hydrogens (tertiary/aromatic N) is 7. The van der Waals surface area contributed by atoms with E-state index in [2.05, 4.69) is 15.4 Å². The van der Waals surface area contributed by atoms with Crippen molar-refractivity contribution in [2.75, 3.05) is 43.4 Å². The number of piperazine rings is 1. The van der Waals surface area contributed by atoms with Crippen molar-refractivity contribution in [2.45, 2.75) is 30.6 Å². The first-order chi connectivity index (χ1) is 18.9. The fourth-order valence-corrected chi connectivity index (χ4v) is 7.09. The molecule has 0 spiro atoms. The van der Waals surface area contributed by atoms with E-state index in [-0.39, 0.29) is 51.6 Å². The third-order valence-electron chi connectivity index (χ3n) is 7.32. The van der Waals surface area contributed by atoms with Crippen LogP contribution in [0.15, 0.2) is 54.6 Å². The van der Waals surface area contributed by atoms with Crippen LogP contribution in [0.25, 0.3) is 0 Å². The van der Waals surface area contributed by atoms with E-state index >= 15 is 0 Å². The number of hydrogen-bond acceptors (Lipinski definition) is 8. The van der Waals surface area contributed by atoms with E-state index in [0.29, 0.717) is 11.3 Å². The standard InChI is InChI=1S/C24H27F3N8O4S/c25-24(26,27)18-6-8-19(9-7-18)32-10-12-33(13-11-32)40(38,39)34(14-15-35-30-22(28)29-31-35)23(21(36)37)16-20(23)17-4-2-1-3-5-17/h1-9,20H,10-16H2,(H2,28,30)(H,36,37). The van der Waals surface area contributed by atoms with Crippen molar-refractivity contribution in [3.63, 3.8) is 0 Å². The molecule has 2 atom stereocenters. The van der Waals surface area contributed by atoms with Crippen LogP contribution in [0.1, 0.15) is 23.5 Å². The number of rotatable bonds is 9. The molecule has 2 aliphatic rings. The zero-order valence-electron chi connectivity index (χ0n) is 21.1. The van der Waals surface area contributed by atoms with Gasteiger partial charge in [0.2, 0.25) is 0 Å². The van der Waals surface area contributed by atoms with Crippen molar-refractivity contribution in [1.29, 1.82) is 0 Å². The highest BCUT2D eigenvalue weighted by molar-refractivity contribution is 7.86. The topological polar surface area (TPSA) is 151 Å². The monoisotopic (exact) mass is 580 g/mol. The minimum absolute atomic E-state index is 0.0140. The van der Waals surface area contributed by atoms with E-state index in [1.807, 2.05) is 0 Å². The molecular formula is C24H27F3N8O4S. The molecule has 0 amide bonds. The van der Waals surface area contributed by atoms with Crippen molar-refractivity contribution in [3.05, 3.63) is 65.7 Å². The Kier molecular flexibility index (Phi) is 7.18. The molecule has 3 N–H and O–H groups in total. The van der Waals surface area contributed by atoms with Crippen LogP contribution < -0.4 is 10.6 Å². The smallest absolute Gasteiger partial charge is 0.416 e. The van der Waals surface area contributed by atoms with Gasteiger partial charge < -0.3 is 15.7 Å². The SMILES string of the molecule is Nc1nnn(CCN(C2(C(=O)O)CC2c2ccccc2)S(=O)(=O)N2CCN(c3ccc(C(F)(F)F)cc3)CC2)n1. The molecule has 40 heavy (non-hydrogen) atoms. The van der Waals surface area contributed by atoms with Crippen LogP contribution in [0.2, 0.25) is 0 Å². The molecule has 1 aliphatic heterocycles. The molecule has 0 bridgehead atoms. The Balaban J connectivity index is 1.38. The lowest BCUT2D eigenvalue weighted by molar-refractivity contribution is -0.143. The van der Waals surface area contributed by atoms with Gasteiger partial charge in [0.05, 0.1) is 12.1 Å². The van der Waals surface area contributed by atoms with E-state index in [1.165, 1.54) is 16.4 Å². The Bertz CT molecular complexity index is 1460. The number of nitrogen functional groups attached to an aromatic ring is 1. The van der Waals surface area contributed by atoms with Gasteiger partial charge in [-0.1, -0.05) is 35.4 Å². The van der Waals surface area contributed by atoms with Gasteiger partial charge in [-0.05, 0) is 41.5 Å². The van der Waals surface area contributed by atoms with Crippen LogP contribution in [-0.4, -0.2) is 86.6 Å². The van der Waals surface area contributed by atoms with E-state index < -0.39 is 39.4 Å². The lowest BCUT2D eigenvalue weighted by Gasteiger charge is -2.39. The Morgan fingerprint density at radius 3 is 2.27 bits per heavy atom. The highest BCUT2D eigenvalue weighted by atomic mass is 32.2. The first-order valence-corrected chi connectivity index (χ1v) is 13.8. The number of hydrogen-bond donors (Lipinski definition) is 2. The molecule has 1 saturated heterocycles. The third kappa shape index (κ3) is 5.21. The summed E-state index contributed by atoms with van der Waals surface area (Å²) in [5.41, 5.74) is 4.28. The summed E-state index contributed by atoms with van der Waals surface area (Å²) in [6, 6.07) is 13.5. The van der Waals surface area contributed by atoms with Gasteiger partial charge in [0, 0.05) is 44.3 Å². The summed E-state index contributed by atoms with van der Waals surface area (Å²) in [4.78, 5) is 15.6. The van der Waals surface area contributed by atoms with Crippen molar-refractivity contribution < 1.29 is 31.5 Å². The summed E-state index contributed by atoms with van der Waals surface area (Å²) < 4.78 is 69.1. The van der Waals surface area contributed by atoms with Gasteiger partial charge >= 0.3 is 12.1 Å². The van der Waals surface area contributed by atoms with Crippen molar-refractivity contribution in [1.82, 2.24) is 28.8 Å². The Morgan fingerprint density at radius 1 is 1.07 bits per heavy atom. The second kappa shape index (κ2) is 10.3. The molecule has 1 aromatic heterocycles. The van der Waals surface area contributed by atoms with Gasteiger partial charge in [-0.15, -0.1) is 5.10 Å². The fraction of sp³-hybridized carbons (Fsp3) is 0.417. The van der Waals surface area contributed by atoms with E-state index in [1.54, 1.807) is 35.2 Å². The second-order valence-electron chi connectivity index (χ2n) is 9.65. The Morgan fingerprint density at radius 2 is 1.73 bits per heavy atom. The molecule has 2 aromatic carbocycles. The molecule has 2 fully saturated rings. The number of tetrazole rings is 1. The largest absolute Gasteiger partial charge is 0.480 e. The molecule has 12 nitrogen and oxygen atoms in total. The number of aromatic nitrogens is 4. The molecule has 1 saturated carbocycles. The summed E-state index contributed by atoms with van der Waals surface area (Å²) >= 11 is 0. The Labute approximate surface area is 227 Å². The molecule has 2 heterocycles. The summed E-state index contributed by atoms with van der Waals surface area (Å²) in [6.07, 6.45) is -4.37. The number of carboxylic acid groups (broad SMARTS) is 1. The summed E-state index contributed by atoms with van der Waals surface area (Å²) in [5.74, 6) is -1.93. The van der Waals surface area contributed by atoms with Crippen LogP contribution in [0.4, 0.5) is 24.8 Å². The molecular weight excluding hydrogens is 553 g/mol. The van der Waals surface area contributed by atoms with Gasteiger partial charge in [-0.25, -0.2) is 0 Å². The quantitative estimate of drug-likeness (QED) is 0.385. The number of carboxylic acids is 1. The minimum atomic E-state index is -4.46. The second-order valence-corrected chi connectivity index (χ2v) is 11.5. The van der Waals surface area contributed by atoms with Crippen LogP contribution in [0.5, 0.6) is 0 Å². The third-order valence-corrected chi connectivity index (χ3v) is 9.41. The predicted molar refractivity (Wildman–Crippen MR) is 137 cm³/mol. The minimum Gasteiger partial charge on any atom is -0.480 e. The van der Waals surface area contributed by atoms with E-state index in [0.717, 1.165) is 21.2 Å². The molecule has 0 radical (unpaired) electrons. The normalized spacial score (nSPS) is 22.0. The van der Waals surface area contributed by atoms with Gasteiger partial charge in [-0.3, -0.25) is 4.79 Å². The number of carbonyl (C=O) groups is 1. The summed E-state index contributed by atoms with van der Waals surface area (Å²) in [5, 5.41) is 21.6. The van der Waals surface area contributed by atoms with Gasteiger partial charge in [-0.2, -0.15) is 35.0 Å². The van der Waals surface area contributed by atoms with Gasteiger partial charge in [0.1, 0.15) is 5.54 Å². The maximum atomic E-state index is 14.0. The highest BCUT2D eigenvalue weighted by Crippen LogP contribution is 2.57. The predicted octanol–water partition coefficient (Wildman–Crippen LogP) is 1.65. The van der Waals surface area contributed by atoms with Crippen LogP contribution in [0.3, 0.4) is 0 Å². The lowest BCUT2D eigenvalue weighted by atomic mass is 10.1. The summed E-state index contributed by atoms with van der Waals surface area (Å²) in [7, 11) is -4.31. The maximum absolute atomic E-state index is 14.0. The lowest BCUT2D eigenvalue weighted by Crippen LogP contribution is -2.58. The van der Waals surface area contributed by atoms with Crippen LogP contribution >= 0.6 is 0 Å². The van der Waals surface area contributed by atoms with Crippen LogP contribution in [-0.2, 0) is 27.7 Å². The Hall–Kier alpha value is -3.76. The van der Waals surface area contributed by atoms with E-state index in [4.69, 9.17) is 5.73 Å². The first kappa shape index (κ1) is 27.8. The maximum Gasteiger partial charge on any atom is 0.416 e. The highest BCUT2D eigenvalue weighted by Gasteiger charge is 2.68. The molecule has 1 aliphatic carbocycles. The number of anilines is 2. The van der Waals surface area contributed by atoms with E-state index in [9.17, 15) is 31.5 Å². The zero-order valence-corrected chi connectivity index (χ0v) is 22.0. The number of aliphatic carboxylic acids is 1. The number of benzene rings is 2. The fourth-order valence-electron chi connectivity index (χ4n) is 5.18. The molecule has 3 aromatic rings. The van der Waals surface area contributed by atoms with Crippen molar-refractivity contribution >= 4 is 27.8 Å². The molecule has 2 unspecified atom stereocenters. The van der Waals surface area contributed by atoms with Gasteiger partial charge in [0.15, 0.2) is 0 Å². The van der Waals surface area contributed by atoms with Crippen molar-refractivity contribution in [2.24, 2.45) is 0 Å². The average Bonchev–Trinajstić information content (AvgIpc) is 3.55. The first-order valence-electron chi connectivity index (χ1n) is 12.4. The van der Waals surface area contributed by atoms with Gasteiger partial charge in [0.25, 0.3) is 16.2 Å². The molecule has 16 heteroatoms. The average molecular weight is 581 g/mol. The number of halogens is 3. The van der Waals surface area contributed by atoms with Crippen molar-refractivity contribution in [3.8, 4) is 0 Å². The summed E-state index contributed by atoms with van der Waals surface area (Å²) in [6.45, 7) is 0.127. The number of alkyl halides is 3. The molecule has 5 rings (SSSR count). The van der Waals surface area contributed by atoms with Crippen LogP contribution in [0, 0.1) is 0 Å².